The number of nitrogens with one attached hydrogen (secondary N) is 2. The van der Waals surface area contributed by atoms with Gasteiger partial charge in [0.2, 0.25) is 5.95 Å². The molecular formula is C19H17ClN4O2. The Morgan fingerprint density at radius 3 is 2.62 bits per heavy atom. The van der Waals surface area contributed by atoms with Crippen LogP contribution in [0.2, 0.25) is 5.02 Å². The van der Waals surface area contributed by atoms with E-state index in [0.717, 1.165) is 11.3 Å². The van der Waals surface area contributed by atoms with Gasteiger partial charge in [-0.05, 0) is 42.8 Å². The highest BCUT2D eigenvalue weighted by atomic mass is 35.5. The van der Waals surface area contributed by atoms with Crippen molar-refractivity contribution in [3.8, 4) is 0 Å². The molecule has 0 radical (unpaired) electrons. The SMILES string of the molecule is COC(=O)c1ccccc1Nc1nccc(Nc2cccc(Cl)c2C)n1. The first-order valence-electron chi connectivity index (χ1n) is 7.88. The van der Waals surface area contributed by atoms with Crippen molar-refractivity contribution in [3.63, 3.8) is 0 Å². The fourth-order valence-corrected chi connectivity index (χ4v) is 2.54. The van der Waals surface area contributed by atoms with E-state index in [4.69, 9.17) is 16.3 Å². The lowest BCUT2D eigenvalue weighted by atomic mass is 10.2. The number of aromatic nitrogens is 2. The third kappa shape index (κ3) is 3.92. The van der Waals surface area contributed by atoms with E-state index in [1.807, 2.05) is 31.2 Å². The Morgan fingerprint density at radius 2 is 1.81 bits per heavy atom. The average Bonchev–Trinajstić information content (AvgIpc) is 2.66. The molecule has 0 saturated carbocycles. The number of benzene rings is 2. The first-order chi connectivity index (χ1) is 12.6. The zero-order valence-electron chi connectivity index (χ0n) is 14.3. The maximum Gasteiger partial charge on any atom is 0.339 e. The normalized spacial score (nSPS) is 10.3. The summed E-state index contributed by atoms with van der Waals surface area (Å²) in [5.74, 6) is 0.520. The Morgan fingerprint density at radius 1 is 1.04 bits per heavy atom. The average molecular weight is 369 g/mol. The van der Waals surface area contributed by atoms with E-state index in [-0.39, 0.29) is 0 Å². The first kappa shape index (κ1) is 17.7. The molecule has 0 aliphatic rings. The van der Waals surface area contributed by atoms with Crippen LogP contribution in [-0.2, 0) is 4.74 Å². The lowest BCUT2D eigenvalue weighted by molar-refractivity contribution is 0.0602. The Hall–Kier alpha value is -3.12. The molecular weight excluding hydrogens is 352 g/mol. The number of halogens is 1. The third-order valence-corrected chi connectivity index (χ3v) is 4.17. The van der Waals surface area contributed by atoms with Crippen molar-refractivity contribution in [2.45, 2.75) is 6.92 Å². The second-order valence-corrected chi connectivity index (χ2v) is 5.87. The number of hydrogen-bond acceptors (Lipinski definition) is 6. The van der Waals surface area contributed by atoms with Crippen molar-refractivity contribution in [1.29, 1.82) is 0 Å². The van der Waals surface area contributed by atoms with Crippen LogP contribution in [0.3, 0.4) is 0 Å². The van der Waals surface area contributed by atoms with Crippen LogP contribution in [0.15, 0.2) is 54.7 Å². The van der Waals surface area contributed by atoms with Gasteiger partial charge in [-0.25, -0.2) is 9.78 Å². The molecule has 0 unspecified atom stereocenters. The molecule has 0 saturated heterocycles. The number of anilines is 4. The molecule has 132 valence electrons. The number of ether oxygens (including phenoxy) is 1. The molecule has 7 heteroatoms. The lowest BCUT2D eigenvalue weighted by Crippen LogP contribution is -2.07. The van der Waals surface area contributed by atoms with Crippen LogP contribution >= 0.6 is 11.6 Å². The van der Waals surface area contributed by atoms with Gasteiger partial charge in [-0.2, -0.15) is 4.98 Å². The summed E-state index contributed by atoms with van der Waals surface area (Å²) in [7, 11) is 1.34. The number of nitrogens with zero attached hydrogens (tertiary/aromatic N) is 2. The van der Waals surface area contributed by atoms with Gasteiger partial charge in [-0.3, -0.25) is 0 Å². The van der Waals surface area contributed by atoms with Gasteiger partial charge in [0.15, 0.2) is 0 Å². The fourth-order valence-electron chi connectivity index (χ4n) is 2.37. The minimum Gasteiger partial charge on any atom is -0.465 e. The van der Waals surface area contributed by atoms with Gasteiger partial charge < -0.3 is 15.4 Å². The lowest BCUT2D eigenvalue weighted by Gasteiger charge is -2.12. The van der Waals surface area contributed by atoms with E-state index in [1.54, 1.807) is 30.5 Å². The molecule has 2 aromatic carbocycles. The van der Waals surface area contributed by atoms with Gasteiger partial charge in [0.1, 0.15) is 5.82 Å². The summed E-state index contributed by atoms with van der Waals surface area (Å²) < 4.78 is 4.80. The van der Waals surface area contributed by atoms with Crippen molar-refractivity contribution in [3.05, 3.63) is 70.9 Å². The molecule has 1 heterocycles. The van der Waals surface area contributed by atoms with Gasteiger partial charge in [0.25, 0.3) is 0 Å². The summed E-state index contributed by atoms with van der Waals surface area (Å²) in [6.07, 6.45) is 1.62. The monoisotopic (exact) mass is 368 g/mol. The summed E-state index contributed by atoms with van der Waals surface area (Å²) in [6, 6.07) is 14.4. The van der Waals surface area contributed by atoms with Crippen molar-refractivity contribution in [1.82, 2.24) is 9.97 Å². The molecule has 0 aliphatic carbocycles. The molecule has 2 N–H and O–H groups in total. The van der Waals surface area contributed by atoms with Crippen molar-refractivity contribution < 1.29 is 9.53 Å². The van der Waals surface area contributed by atoms with Gasteiger partial charge in [0.05, 0.1) is 18.4 Å². The summed E-state index contributed by atoms with van der Waals surface area (Å²) >= 11 is 6.15. The van der Waals surface area contributed by atoms with E-state index < -0.39 is 5.97 Å². The van der Waals surface area contributed by atoms with Crippen LogP contribution in [0.5, 0.6) is 0 Å². The number of methoxy groups -OCH3 is 1. The number of esters is 1. The van der Waals surface area contributed by atoms with Gasteiger partial charge in [-0.1, -0.05) is 29.8 Å². The van der Waals surface area contributed by atoms with Gasteiger partial charge >= 0.3 is 5.97 Å². The van der Waals surface area contributed by atoms with E-state index in [0.29, 0.717) is 28.0 Å². The molecule has 0 spiro atoms. The molecule has 26 heavy (non-hydrogen) atoms. The fraction of sp³-hybridized carbons (Fsp3) is 0.105. The number of hydrogen-bond donors (Lipinski definition) is 2. The zero-order valence-corrected chi connectivity index (χ0v) is 15.0. The molecule has 0 bridgehead atoms. The Labute approximate surface area is 156 Å². The largest absolute Gasteiger partial charge is 0.465 e. The summed E-state index contributed by atoms with van der Waals surface area (Å²) in [4.78, 5) is 20.5. The molecule has 3 aromatic rings. The number of carbonyl (C=O) groups is 1. The minimum atomic E-state index is -0.433. The molecule has 0 aliphatic heterocycles. The van der Waals surface area contributed by atoms with E-state index in [2.05, 4.69) is 20.6 Å². The maximum atomic E-state index is 11.9. The summed E-state index contributed by atoms with van der Waals surface area (Å²) in [5, 5.41) is 6.95. The number of para-hydroxylation sites is 1. The van der Waals surface area contributed by atoms with E-state index in [1.165, 1.54) is 7.11 Å². The molecule has 0 fully saturated rings. The number of rotatable bonds is 5. The molecule has 6 nitrogen and oxygen atoms in total. The Kier molecular flexibility index (Phi) is 5.34. The highest BCUT2D eigenvalue weighted by molar-refractivity contribution is 6.31. The summed E-state index contributed by atoms with van der Waals surface area (Å²) in [5.41, 5.74) is 2.76. The predicted octanol–water partition coefficient (Wildman–Crippen LogP) is 4.71. The highest BCUT2D eigenvalue weighted by Crippen LogP contribution is 2.26. The van der Waals surface area contributed by atoms with Gasteiger partial charge in [0, 0.05) is 16.9 Å². The van der Waals surface area contributed by atoms with Crippen LogP contribution in [0.4, 0.5) is 23.1 Å². The minimum absolute atomic E-state index is 0.353. The quantitative estimate of drug-likeness (QED) is 0.635. The van der Waals surface area contributed by atoms with Crippen LogP contribution in [-0.4, -0.2) is 23.0 Å². The van der Waals surface area contributed by atoms with Crippen LogP contribution in [0.25, 0.3) is 0 Å². The van der Waals surface area contributed by atoms with Crippen molar-refractivity contribution in [2.24, 2.45) is 0 Å². The Bertz CT molecular complexity index is 946. The van der Waals surface area contributed by atoms with E-state index >= 15 is 0 Å². The van der Waals surface area contributed by atoms with Crippen LogP contribution in [0.1, 0.15) is 15.9 Å². The Balaban J connectivity index is 1.85. The molecule has 0 atom stereocenters. The molecule has 3 rings (SSSR count). The summed E-state index contributed by atoms with van der Waals surface area (Å²) in [6.45, 7) is 1.93. The molecule has 0 amide bonds. The standard InChI is InChI=1S/C19H17ClN4O2/c1-12-14(20)7-5-9-15(12)22-17-10-11-21-19(24-17)23-16-8-4-3-6-13(16)18(25)26-2/h3-11H,1-2H3,(H2,21,22,23,24). The van der Waals surface area contributed by atoms with Crippen LogP contribution in [0, 0.1) is 6.92 Å². The third-order valence-electron chi connectivity index (χ3n) is 3.76. The predicted molar refractivity (Wildman–Crippen MR) is 103 cm³/mol. The highest BCUT2D eigenvalue weighted by Gasteiger charge is 2.12. The van der Waals surface area contributed by atoms with Crippen molar-refractivity contribution >= 4 is 40.7 Å². The van der Waals surface area contributed by atoms with Gasteiger partial charge in [-0.15, -0.1) is 0 Å². The second-order valence-electron chi connectivity index (χ2n) is 5.47. The van der Waals surface area contributed by atoms with Crippen LogP contribution < -0.4 is 10.6 Å². The molecule has 1 aromatic heterocycles. The van der Waals surface area contributed by atoms with E-state index in [9.17, 15) is 4.79 Å². The topological polar surface area (TPSA) is 76.1 Å². The smallest absolute Gasteiger partial charge is 0.339 e. The second kappa shape index (κ2) is 7.84. The first-order valence-corrected chi connectivity index (χ1v) is 8.26. The number of carbonyl (C=O) groups excluding carboxylic acids is 1. The van der Waals surface area contributed by atoms with Crippen molar-refractivity contribution in [2.75, 3.05) is 17.7 Å². The maximum absolute atomic E-state index is 11.9. The zero-order chi connectivity index (χ0) is 18.5.